The summed E-state index contributed by atoms with van der Waals surface area (Å²) in [5.74, 6) is 5.40. The van der Waals surface area contributed by atoms with Crippen LogP contribution in [-0.4, -0.2) is 79.3 Å². The van der Waals surface area contributed by atoms with Crippen molar-refractivity contribution in [3.05, 3.63) is 23.9 Å². The van der Waals surface area contributed by atoms with Crippen LogP contribution in [0.2, 0.25) is 0 Å². The van der Waals surface area contributed by atoms with Gasteiger partial charge in [-0.05, 0) is 0 Å². The summed E-state index contributed by atoms with van der Waals surface area (Å²) in [7, 11) is 1.84. The third-order valence-electron chi connectivity index (χ3n) is 4.54. The number of aromatic nitrogens is 2. The maximum absolute atomic E-state index is 14.4. The number of fused-ring (bicyclic) bond motifs is 1. The molecule has 6 nitrogen and oxygen atoms in total. The molecule has 2 unspecified atom stereocenters. The first-order valence-electron chi connectivity index (χ1n) is 9.24. The number of nitrogens with zero attached hydrogens (tertiary/aromatic N) is 3. The monoisotopic (exact) mass is 491 g/mol. The fourth-order valence-electron chi connectivity index (χ4n) is 3.16. The van der Waals surface area contributed by atoms with E-state index in [1.165, 1.54) is 11.4 Å². The summed E-state index contributed by atoms with van der Waals surface area (Å²) in [6.07, 6.45) is -0.539. The van der Waals surface area contributed by atoms with Gasteiger partial charge in [-0.2, -0.15) is 0 Å². The molecule has 0 spiro atoms. The van der Waals surface area contributed by atoms with Gasteiger partial charge in [0.1, 0.15) is 0 Å². The number of likely N-dealkylation sites (tertiary alicyclic amines) is 1. The minimum absolute atomic E-state index is 0.00585. The zero-order valence-corrected chi connectivity index (χ0v) is 18.1. The number of hydrogen-bond acceptors (Lipinski definition) is 4. The molecule has 2 aromatic heterocycles. The molecule has 1 saturated heterocycles. The molecule has 1 fully saturated rings. The van der Waals surface area contributed by atoms with E-state index in [-0.39, 0.29) is 34.7 Å². The first-order valence-corrected chi connectivity index (χ1v) is 11.0. The number of anilines is 1. The van der Waals surface area contributed by atoms with Gasteiger partial charge < -0.3 is 0 Å². The molecule has 2 aromatic rings. The molecule has 2 atom stereocenters. The summed E-state index contributed by atoms with van der Waals surface area (Å²) >= 11 is -1.86. The third kappa shape index (κ3) is 5.65. The Kier molecular flexibility index (Phi) is 6.91. The Morgan fingerprint density at radius 2 is 2.17 bits per heavy atom. The van der Waals surface area contributed by atoms with Crippen LogP contribution in [0, 0.1) is 11.8 Å². The number of nitrogens with one attached hydrogen (secondary N) is 2. The standard InChI is InChI=1S/C19H21F4N5OSe/c1-12(29)24-9-4-5-15-18(30-19(21,22)23)16-6-3-7-17(28(16)26-15)25-14-8-10-27(2)11-13(14)20/h3,6-7,13-14,25H,8-11H2,1-2H3,(H,24,29). The molecule has 0 aliphatic carbocycles. The van der Waals surface area contributed by atoms with Crippen LogP contribution in [0.1, 0.15) is 19.0 Å². The fourth-order valence-corrected chi connectivity index (χ4v) is 4.59. The van der Waals surface area contributed by atoms with Crippen molar-refractivity contribution in [2.75, 3.05) is 32.0 Å². The summed E-state index contributed by atoms with van der Waals surface area (Å²) in [6, 6.07) is 4.36. The Balaban J connectivity index is 1.96. The number of halogens is 4. The molecule has 0 bridgehead atoms. The van der Waals surface area contributed by atoms with Crippen molar-refractivity contribution in [1.82, 2.24) is 19.8 Å². The van der Waals surface area contributed by atoms with Crippen LogP contribution in [0.25, 0.3) is 5.52 Å². The minimum atomic E-state index is -4.38. The maximum atomic E-state index is 14.4. The summed E-state index contributed by atoms with van der Waals surface area (Å²) in [5, 5.41) is 5.45. The van der Waals surface area contributed by atoms with E-state index in [1.807, 2.05) is 11.9 Å². The molecular formula is C19H21F4N5OSe. The Morgan fingerprint density at radius 3 is 2.83 bits per heavy atom. The van der Waals surface area contributed by atoms with Crippen LogP contribution in [0.4, 0.5) is 23.4 Å². The number of hydrogen-bond donors (Lipinski definition) is 2. The van der Waals surface area contributed by atoms with Crippen molar-refractivity contribution in [1.29, 1.82) is 0 Å². The molecule has 3 rings (SSSR count). The van der Waals surface area contributed by atoms with E-state index >= 15 is 0 Å². The van der Waals surface area contributed by atoms with Gasteiger partial charge in [-0.1, -0.05) is 0 Å². The van der Waals surface area contributed by atoms with Crippen LogP contribution in [0.5, 0.6) is 0 Å². The van der Waals surface area contributed by atoms with Crippen molar-refractivity contribution in [3.63, 3.8) is 0 Å². The van der Waals surface area contributed by atoms with Gasteiger partial charge >= 0.3 is 177 Å². The number of piperidine rings is 1. The van der Waals surface area contributed by atoms with E-state index in [2.05, 4.69) is 27.6 Å². The molecular weight excluding hydrogens is 469 g/mol. The SMILES string of the molecule is CC(=O)NCC#Cc1nn2c(NC3CCN(C)CC3F)cccc2c1[Se]C(F)(F)F. The van der Waals surface area contributed by atoms with Crippen LogP contribution in [0.15, 0.2) is 18.2 Å². The molecule has 30 heavy (non-hydrogen) atoms. The molecule has 0 radical (unpaired) electrons. The zero-order valence-electron chi connectivity index (χ0n) is 16.4. The van der Waals surface area contributed by atoms with Gasteiger partial charge in [0.15, 0.2) is 0 Å². The van der Waals surface area contributed by atoms with Crippen LogP contribution in [-0.2, 0) is 4.79 Å². The summed E-state index contributed by atoms with van der Waals surface area (Å²) in [6.45, 7) is 2.33. The normalized spacial score (nSPS) is 19.9. The molecule has 1 amide bonds. The molecule has 0 saturated carbocycles. The molecule has 3 heterocycles. The average Bonchev–Trinajstić information content (AvgIpc) is 2.98. The first-order chi connectivity index (χ1) is 14.1. The van der Waals surface area contributed by atoms with Crippen molar-refractivity contribution in [3.8, 4) is 11.8 Å². The first kappa shape index (κ1) is 22.4. The van der Waals surface area contributed by atoms with Gasteiger partial charge in [-0.25, -0.2) is 0 Å². The molecule has 1 aliphatic rings. The zero-order chi connectivity index (χ0) is 21.9. The number of amides is 1. The fraction of sp³-hybridized carbons (Fsp3) is 0.474. The molecule has 1 aliphatic heterocycles. The second kappa shape index (κ2) is 9.25. The van der Waals surface area contributed by atoms with E-state index in [9.17, 15) is 22.4 Å². The Hall–Kier alpha value is -2.28. The Labute approximate surface area is 177 Å². The van der Waals surface area contributed by atoms with Crippen molar-refractivity contribution in [2.45, 2.75) is 30.6 Å². The van der Waals surface area contributed by atoms with Gasteiger partial charge in [0, 0.05) is 0 Å². The topological polar surface area (TPSA) is 61.7 Å². The van der Waals surface area contributed by atoms with E-state index in [4.69, 9.17) is 0 Å². The van der Waals surface area contributed by atoms with Gasteiger partial charge in [0.2, 0.25) is 0 Å². The predicted molar refractivity (Wildman–Crippen MR) is 107 cm³/mol. The number of carbonyl (C=O) groups is 1. The number of carbonyl (C=O) groups excluding carboxylic acids is 1. The second-order valence-corrected chi connectivity index (χ2v) is 9.22. The van der Waals surface area contributed by atoms with Gasteiger partial charge in [-0.15, -0.1) is 0 Å². The van der Waals surface area contributed by atoms with Crippen molar-refractivity contribution < 1.29 is 22.4 Å². The van der Waals surface area contributed by atoms with Crippen LogP contribution >= 0.6 is 0 Å². The van der Waals surface area contributed by atoms with E-state index in [1.54, 1.807) is 18.2 Å². The van der Waals surface area contributed by atoms with Gasteiger partial charge in [0.05, 0.1) is 0 Å². The van der Waals surface area contributed by atoms with E-state index in [0.717, 1.165) is 6.54 Å². The molecule has 11 heteroatoms. The number of alkyl halides is 4. The van der Waals surface area contributed by atoms with Crippen molar-refractivity contribution in [2.24, 2.45) is 0 Å². The number of pyridine rings is 1. The summed E-state index contributed by atoms with van der Waals surface area (Å²) in [5.41, 5.74) is 0.289. The predicted octanol–water partition coefficient (Wildman–Crippen LogP) is 1.13. The second-order valence-electron chi connectivity index (χ2n) is 6.96. The summed E-state index contributed by atoms with van der Waals surface area (Å²) < 4.78 is 55.4. The van der Waals surface area contributed by atoms with Gasteiger partial charge in [0.25, 0.3) is 0 Å². The average molecular weight is 490 g/mol. The van der Waals surface area contributed by atoms with E-state index in [0.29, 0.717) is 12.2 Å². The Bertz CT molecular complexity index is 981. The van der Waals surface area contributed by atoms with E-state index < -0.39 is 32.2 Å². The molecule has 162 valence electrons. The number of rotatable bonds is 4. The van der Waals surface area contributed by atoms with Gasteiger partial charge in [-0.3, -0.25) is 0 Å². The Morgan fingerprint density at radius 1 is 1.40 bits per heavy atom. The molecule has 2 N–H and O–H groups in total. The molecule has 0 aromatic carbocycles. The summed E-state index contributed by atoms with van der Waals surface area (Å²) in [4.78, 5) is 12.8. The van der Waals surface area contributed by atoms with Crippen molar-refractivity contribution >= 4 is 36.7 Å². The van der Waals surface area contributed by atoms with Crippen LogP contribution in [0.3, 0.4) is 0 Å². The quantitative estimate of drug-likeness (QED) is 0.384. The van der Waals surface area contributed by atoms with Crippen LogP contribution < -0.4 is 15.1 Å². The third-order valence-corrected chi connectivity index (χ3v) is 6.30.